The average molecular weight is 306 g/mol. The number of aromatic nitrogens is 1. The molecule has 0 bridgehead atoms. The van der Waals surface area contributed by atoms with Crippen LogP contribution in [0.25, 0.3) is 32.8 Å². The van der Waals surface area contributed by atoms with Crippen LogP contribution in [0.4, 0.5) is 0 Å². The number of hydrogen-bond donors (Lipinski definition) is 0. The highest BCUT2D eigenvalue weighted by atomic mass is 35.5. The van der Waals surface area contributed by atoms with Crippen molar-refractivity contribution in [1.82, 2.24) is 0 Å². The second-order valence-corrected chi connectivity index (χ2v) is 5.42. The van der Waals surface area contributed by atoms with Crippen LogP contribution in [0.2, 0.25) is 0 Å². The molecular formula is C20H16ClN. The van der Waals surface area contributed by atoms with Gasteiger partial charge in [-0.2, -0.15) is 0 Å². The molecule has 4 aromatic rings. The molecule has 2 heteroatoms. The molecule has 22 heavy (non-hydrogen) atoms. The van der Waals surface area contributed by atoms with Crippen LogP contribution in [-0.2, 0) is 0 Å². The molecule has 0 aliphatic heterocycles. The van der Waals surface area contributed by atoms with Crippen LogP contribution in [-0.4, -0.2) is 0 Å². The van der Waals surface area contributed by atoms with E-state index in [1.807, 2.05) is 0 Å². The highest BCUT2D eigenvalue weighted by Gasteiger charge is 2.13. The highest BCUT2D eigenvalue weighted by Crippen LogP contribution is 2.33. The Hall–Kier alpha value is -2.38. The van der Waals surface area contributed by atoms with Gasteiger partial charge in [-0.15, -0.1) is 0 Å². The molecule has 1 nitrogen and oxygen atoms in total. The van der Waals surface area contributed by atoms with Crippen LogP contribution in [0.5, 0.6) is 0 Å². The maximum absolute atomic E-state index is 3.43. The zero-order valence-corrected chi connectivity index (χ0v) is 13.1. The number of aromatic amines is 1. The number of rotatable bonds is 1. The molecule has 0 radical (unpaired) electrons. The number of hydrogen-bond acceptors (Lipinski definition) is 0. The predicted molar refractivity (Wildman–Crippen MR) is 88.2 cm³/mol. The zero-order valence-electron chi connectivity index (χ0n) is 12.3. The zero-order chi connectivity index (χ0) is 14.2. The minimum atomic E-state index is 0. The number of pyridine rings is 1. The van der Waals surface area contributed by atoms with Crippen molar-refractivity contribution in [3.63, 3.8) is 0 Å². The summed E-state index contributed by atoms with van der Waals surface area (Å²) in [7, 11) is 0. The standard InChI is InChI=1S/C20H15N.ClH/c1-14-7-5-10-16-13-21-18-12-6-11-17(20(18)19(14)16)15-8-3-2-4-9-15;/h2-13H,1H3;1H. The summed E-state index contributed by atoms with van der Waals surface area (Å²) in [6.07, 6.45) is 2.10. The number of benzene rings is 3. The van der Waals surface area contributed by atoms with Gasteiger partial charge in [-0.3, -0.25) is 0 Å². The Labute approximate surface area is 136 Å². The van der Waals surface area contributed by atoms with E-state index < -0.39 is 0 Å². The first-order valence-electron chi connectivity index (χ1n) is 7.23. The smallest absolute Gasteiger partial charge is 0.212 e. The van der Waals surface area contributed by atoms with Crippen LogP contribution in [0.15, 0.2) is 72.9 Å². The second kappa shape index (κ2) is 5.78. The maximum atomic E-state index is 3.43. The molecule has 3 aromatic carbocycles. The summed E-state index contributed by atoms with van der Waals surface area (Å²) in [6.45, 7) is 2.18. The SMILES string of the molecule is Cc1cccc2c[nH+]c3cccc(-c4ccccc4)c3c12.[Cl-]. The molecule has 4 rings (SSSR count). The Morgan fingerprint density at radius 1 is 0.727 bits per heavy atom. The fourth-order valence-corrected chi connectivity index (χ4v) is 3.11. The first-order valence-corrected chi connectivity index (χ1v) is 7.23. The molecule has 1 aromatic heterocycles. The third kappa shape index (κ3) is 2.24. The van der Waals surface area contributed by atoms with Gasteiger partial charge in [0.05, 0.1) is 5.39 Å². The molecule has 0 amide bonds. The lowest BCUT2D eigenvalue weighted by Crippen LogP contribution is -3.00. The van der Waals surface area contributed by atoms with Crippen molar-refractivity contribution >= 4 is 21.7 Å². The number of halogens is 1. The van der Waals surface area contributed by atoms with Gasteiger partial charge in [-0.1, -0.05) is 54.6 Å². The van der Waals surface area contributed by atoms with Crippen molar-refractivity contribution in [1.29, 1.82) is 0 Å². The van der Waals surface area contributed by atoms with E-state index >= 15 is 0 Å². The van der Waals surface area contributed by atoms with Crippen molar-refractivity contribution in [2.24, 2.45) is 0 Å². The molecule has 1 N–H and O–H groups in total. The average Bonchev–Trinajstić information content (AvgIpc) is 2.55. The molecule has 0 aliphatic rings. The van der Waals surface area contributed by atoms with Crippen molar-refractivity contribution in [2.75, 3.05) is 0 Å². The van der Waals surface area contributed by atoms with Gasteiger partial charge in [0.2, 0.25) is 5.52 Å². The van der Waals surface area contributed by atoms with Crippen molar-refractivity contribution in [2.45, 2.75) is 6.92 Å². The third-order valence-corrected chi connectivity index (χ3v) is 4.09. The summed E-state index contributed by atoms with van der Waals surface area (Å²) in [5.41, 5.74) is 5.03. The van der Waals surface area contributed by atoms with E-state index in [-0.39, 0.29) is 12.4 Å². The first kappa shape index (κ1) is 14.6. The summed E-state index contributed by atoms with van der Waals surface area (Å²) in [4.78, 5) is 3.43. The van der Waals surface area contributed by atoms with Crippen LogP contribution < -0.4 is 17.4 Å². The van der Waals surface area contributed by atoms with Crippen LogP contribution in [0.1, 0.15) is 5.56 Å². The number of fused-ring (bicyclic) bond motifs is 3. The van der Waals surface area contributed by atoms with Crippen LogP contribution in [0.3, 0.4) is 0 Å². The lowest BCUT2D eigenvalue weighted by atomic mass is 9.95. The Morgan fingerprint density at radius 2 is 1.50 bits per heavy atom. The largest absolute Gasteiger partial charge is 1.00 e. The molecule has 0 spiro atoms. The molecule has 0 unspecified atom stereocenters. The quantitative estimate of drug-likeness (QED) is 0.476. The van der Waals surface area contributed by atoms with Crippen molar-refractivity contribution < 1.29 is 17.4 Å². The summed E-state index contributed by atoms with van der Waals surface area (Å²) in [5, 5.41) is 3.90. The predicted octanol–water partition coefficient (Wildman–Crippen LogP) is 1.79. The Bertz CT molecular complexity index is 946. The van der Waals surface area contributed by atoms with Gasteiger partial charge in [0, 0.05) is 16.8 Å². The molecule has 0 saturated carbocycles. The number of H-pyrrole nitrogens is 1. The van der Waals surface area contributed by atoms with Gasteiger partial charge in [0.1, 0.15) is 0 Å². The fourth-order valence-electron chi connectivity index (χ4n) is 3.11. The minimum Gasteiger partial charge on any atom is -1.00 e. The summed E-state index contributed by atoms with van der Waals surface area (Å²) in [5.74, 6) is 0. The van der Waals surface area contributed by atoms with Crippen LogP contribution in [0, 0.1) is 6.92 Å². The van der Waals surface area contributed by atoms with Crippen molar-refractivity contribution in [3.8, 4) is 11.1 Å². The molecule has 0 atom stereocenters. The molecule has 1 heterocycles. The molecule has 108 valence electrons. The second-order valence-electron chi connectivity index (χ2n) is 5.42. The number of aryl methyl sites for hydroxylation is 1. The maximum Gasteiger partial charge on any atom is 0.212 e. The highest BCUT2D eigenvalue weighted by molar-refractivity contribution is 6.12. The van der Waals surface area contributed by atoms with E-state index in [1.165, 1.54) is 38.4 Å². The Kier molecular flexibility index (Phi) is 3.82. The monoisotopic (exact) mass is 305 g/mol. The first-order chi connectivity index (χ1) is 10.3. The van der Waals surface area contributed by atoms with Gasteiger partial charge in [-0.25, -0.2) is 4.98 Å². The molecule has 0 saturated heterocycles. The third-order valence-electron chi connectivity index (χ3n) is 4.09. The Morgan fingerprint density at radius 3 is 2.32 bits per heavy atom. The van der Waals surface area contributed by atoms with Gasteiger partial charge in [0.15, 0.2) is 6.20 Å². The van der Waals surface area contributed by atoms with Crippen LogP contribution >= 0.6 is 0 Å². The summed E-state index contributed by atoms with van der Waals surface area (Å²) < 4.78 is 0. The van der Waals surface area contributed by atoms with E-state index in [0.29, 0.717) is 0 Å². The lowest BCUT2D eigenvalue weighted by Gasteiger charge is -2.08. The van der Waals surface area contributed by atoms with Crippen molar-refractivity contribution in [3.05, 3.63) is 78.5 Å². The van der Waals surface area contributed by atoms with E-state index in [1.54, 1.807) is 0 Å². The van der Waals surface area contributed by atoms with E-state index in [9.17, 15) is 0 Å². The van der Waals surface area contributed by atoms with Gasteiger partial charge in [0.25, 0.3) is 0 Å². The topological polar surface area (TPSA) is 14.1 Å². The molecular weight excluding hydrogens is 290 g/mol. The van der Waals surface area contributed by atoms with Gasteiger partial charge in [-0.05, 0) is 29.7 Å². The van der Waals surface area contributed by atoms with E-state index in [0.717, 1.165) is 0 Å². The minimum absolute atomic E-state index is 0. The lowest BCUT2D eigenvalue weighted by molar-refractivity contribution is -0.342. The summed E-state index contributed by atoms with van der Waals surface area (Å²) >= 11 is 0. The normalized spacial score (nSPS) is 10.6. The number of nitrogens with one attached hydrogen (secondary N) is 1. The summed E-state index contributed by atoms with van der Waals surface area (Å²) in [6, 6.07) is 23.5. The molecule has 0 fully saturated rings. The van der Waals surface area contributed by atoms with Gasteiger partial charge >= 0.3 is 0 Å². The fraction of sp³-hybridized carbons (Fsp3) is 0.0500. The molecule has 0 aliphatic carbocycles. The van der Waals surface area contributed by atoms with E-state index in [4.69, 9.17) is 0 Å². The van der Waals surface area contributed by atoms with Gasteiger partial charge < -0.3 is 12.4 Å². The Balaban J connectivity index is 0.00000144. The van der Waals surface area contributed by atoms with E-state index in [2.05, 4.69) is 84.8 Å².